The van der Waals surface area contributed by atoms with Crippen LogP contribution in [0.3, 0.4) is 0 Å². The Balaban J connectivity index is 1.82. The van der Waals surface area contributed by atoms with Gasteiger partial charge in [-0.3, -0.25) is 4.79 Å². The fourth-order valence-corrected chi connectivity index (χ4v) is 3.50. The van der Waals surface area contributed by atoms with Gasteiger partial charge < -0.3 is 10.6 Å². The number of likely N-dealkylation sites (tertiary alicyclic amines) is 1. The summed E-state index contributed by atoms with van der Waals surface area (Å²) in [4.78, 5) is 13.6. The monoisotopic (exact) mass is 214 g/mol. The zero-order valence-corrected chi connectivity index (χ0v) is 9.26. The van der Waals surface area contributed by atoms with Crippen LogP contribution in [0.5, 0.6) is 0 Å². The number of carbonyl (C=O) groups is 1. The number of rotatable bonds is 3. The van der Waals surface area contributed by atoms with E-state index in [1.807, 2.05) is 16.7 Å². The van der Waals surface area contributed by atoms with E-state index in [0.717, 1.165) is 19.0 Å². The van der Waals surface area contributed by atoms with E-state index in [-0.39, 0.29) is 0 Å². The third-order valence-electron chi connectivity index (χ3n) is 3.13. The number of nitrogens with two attached hydrogens (primary N) is 1. The summed E-state index contributed by atoms with van der Waals surface area (Å²) in [5.41, 5.74) is 5.58. The molecule has 2 N–H and O–H groups in total. The molecule has 0 bridgehead atoms. The summed E-state index contributed by atoms with van der Waals surface area (Å²) in [6.07, 6.45) is 1.96. The van der Waals surface area contributed by atoms with Crippen LogP contribution >= 0.6 is 11.8 Å². The molecule has 3 nitrogen and oxygen atoms in total. The van der Waals surface area contributed by atoms with Crippen molar-refractivity contribution in [2.24, 2.45) is 17.6 Å². The van der Waals surface area contributed by atoms with Crippen molar-refractivity contribution in [2.45, 2.75) is 12.8 Å². The summed E-state index contributed by atoms with van der Waals surface area (Å²) in [7, 11) is 0. The number of thioether (sulfide) groups is 1. The summed E-state index contributed by atoms with van der Waals surface area (Å²) in [6.45, 7) is 2.53. The number of amides is 1. The first-order valence-corrected chi connectivity index (χ1v) is 6.50. The Morgan fingerprint density at radius 3 is 2.93 bits per heavy atom. The van der Waals surface area contributed by atoms with Gasteiger partial charge in [0.2, 0.25) is 5.91 Å². The molecule has 2 rings (SSSR count). The van der Waals surface area contributed by atoms with Crippen LogP contribution in [0.4, 0.5) is 0 Å². The molecule has 0 aromatic carbocycles. The minimum atomic E-state index is 0.317. The molecule has 2 saturated heterocycles. The van der Waals surface area contributed by atoms with Crippen molar-refractivity contribution in [3.05, 3.63) is 0 Å². The Labute approximate surface area is 89.4 Å². The van der Waals surface area contributed by atoms with E-state index < -0.39 is 0 Å². The lowest BCUT2D eigenvalue weighted by atomic mass is 10.1. The molecule has 2 atom stereocenters. The summed E-state index contributed by atoms with van der Waals surface area (Å²) >= 11 is 2.01. The van der Waals surface area contributed by atoms with Gasteiger partial charge in [-0.2, -0.15) is 11.8 Å². The first-order chi connectivity index (χ1) is 6.79. The molecule has 2 fully saturated rings. The maximum Gasteiger partial charge on any atom is 0.222 e. The second-order valence-electron chi connectivity index (χ2n) is 4.33. The minimum Gasteiger partial charge on any atom is -0.342 e. The normalized spacial score (nSPS) is 32.9. The Morgan fingerprint density at radius 2 is 2.36 bits per heavy atom. The van der Waals surface area contributed by atoms with Crippen LogP contribution in [0.15, 0.2) is 0 Å². The van der Waals surface area contributed by atoms with Gasteiger partial charge in [-0.1, -0.05) is 0 Å². The molecule has 0 spiro atoms. The molecule has 0 aromatic heterocycles. The van der Waals surface area contributed by atoms with Gasteiger partial charge in [0.1, 0.15) is 0 Å². The van der Waals surface area contributed by atoms with Gasteiger partial charge in [0.25, 0.3) is 0 Å². The highest BCUT2D eigenvalue weighted by molar-refractivity contribution is 7.99. The second kappa shape index (κ2) is 4.53. The van der Waals surface area contributed by atoms with Crippen molar-refractivity contribution in [1.29, 1.82) is 0 Å². The SMILES string of the molecule is NCC1CC(=O)N(CC2CCSC2)C1. The largest absolute Gasteiger partial charge is 0.342 e. The fraction of sp³-hybridized carbons (Fsp3) is 0.900. The molecule has 0 radical (unpaired) electrons. The average Bonchev–Trinajstić information content (AvgIpc) is 2.78. The quantitative estimate of drug-likeness (QED) is 0.746. The number of carbonyl (C=O) groups excluding carboxylic acids is 1. The zero-order chi connectivity index (χ0) is 9.97. The molecule has 2 aliphatic rings. The van der Waals surface area contributed by atoms with E-state index in [1.165, 1.54) is 17.9 Å². The van der Waals surface area contributed by atoms with Crippen LogP contribution in [0.25, 0.3) is 0 Å². The average molecular weight is 214 g/mol. The van der Waals surface area contributed by atoms with Gasteiger partial charge in [-0.25, -0.2) is 0 Å². The minimum absolute atomic E-state index is 0.317. The Kier molecular flexibility index (Phi) is 3.34. The Hall–Kier alpha value is -0.220. The summed E-state index contributed by atoms with van der Waals surface area (Å²) < 4.78 is 0. The highest BCUT2D eigenvalue weighted by Crippen LogP contribution is 2.26. The maximum atomic E-state index is 11.6. The van der Waals surface area contributed by atoms with Gasteiger partial charge in [0, 0.05) is 19.5 Å². The van der Waals surface area contributed by atoms with E-state index in [2.05, 4.69) is 0 Å². The number of hydrogen-bond donors (Lipinski definition) is 1. The summed E-state index contributed by atoms with van der Waals surface area (Å²) in [5, 5.41) is 0. The molecule has 14 heavy (non-hydrogen) atoms. The Morgan fingerprint density at radius 1 is 1.50 bits per heavy atom. The number of nitrogens with zero attached hydrogens (tertiary/aromatic N) is 1. The molecule has 1 amide bonds. The smallest absolute Gasteiger partial charge is 0.222 e. The van der Waals surface area contributed by atoms with Gasteiger partial charge in [-0.15, -0.1) is 0 Å². The fourth-order valence-electron chi connectivity index (χ4n) is 2.23. The lowest BCUT2D eigenvalue weighted by Gasteiger charge is -2.20. The molecule has 0 aromatic rings. The third-order valence-corrected chi connectivity index (χ3v) is 4.36. The molecule has 0 aliphatic carbocycles. The van der Waals surface area contributed by atoms with E-state index in [9.17, 15) is 4.79 Å². The number of hydrogen-bond acceptors (Lipinski definition) is 3. The summed E-state index contributed by atoms with van der Waals surface area (Å²) in [6, 6.07) is 0. The molecule has 4 heteroatoms. The lowest BCUT2D eigenvalue weighted by molar-refractivity contribution is -0.128. The molecular weight excluding hydrogens is 196 g/mol. The third kappa shape index (κ3) is 2.23. The van der Waals surface area contributed by atoms with Gasteiger partial charge >= 0.3 is 0 Å². The molecular formula is C10H18N2OS. The maximum absolute atomic E-state index is 11.6. The molecule has 80 valence electrons. The molecule has 2 unspecified atom stereocenters. The van der Waals surface area contributed by atoms with Gasteiger partial charge in [0.15, 0.2) is 0 Å². The van der Waals surface area contributed by atoms with Gasteiger partial charge in [0.05, 0.1) is 0 Å². The first-order valence-electron chi connectivity index (χ1n) is 5.35. The van der Waals surface area contributed by atoms with Gasteiger partial charge in [-0.05, 0) is 36.3 Å². The standard InChI is InChI=1S/C10H18N2OS/c11-4-9-3-10(13)12(6-9)5-8-1-2-14-7-8/h8-9H,1-7,11H2. The van der Waals surface area contributed by atoms with Crippen LogP contribution in [0, 0.1) is 11.8 Å². The van der Waals surface area contributed by atoms with Crippen molar-refractivity contribution in [1.82, 2.24) is 4.90 Å². The van der Waals surface area contributed by atoms with Crippen molar-refractivity contribution in [3.8, 4) is 0 Å². The first kappa shape index (κ1) is 10.3. The van der Waals surface area contributed by atoms with E-state index in [4.69, 9.17) is 5.73 Å². The molecule has 0 saturated carbocycles. The van der Waals surface area contributed by atoms with Crippen molar-refractivity contribution >= 4 is 17.7 Å². The molecule has 2 aliphatic heterocycles. The van der Waals surface area contributed by atoms with Crippen molar-refractivity contribution in [2.75, 3.05) is 31.1 Å². The van der Waals surface area contributed by atoms with Crippen molar-refractivity contribution < 1.29 is 4.79 Å². The predicted molar refractivity (Wildman–Crippen MR) is 59.2 cm³/mol. The van der Waals surface area contributed by atoms with Crippen LogP contribution < -0.4 is 5.73 Å². The molecule has 2 heterocycles. The van der Waals surface area contributed by atoms with Crippen LogP contribution in [-0.2, 0) is 4.79 Å². The van der Waals surface area contributed by atoms with E-state index in [1.54, 1.807) is 0 Å². The Bertz CT molecular complexity index is 216. The van der Waals surface area contributed by atoms with Crippen molar-refractivity contribution in [3.63, 3.8) is 0 Å². The van der Waals surface area contributed by atoms with E-state index >= 15 is 0 Å². The highest BCUT2D eigenvalue weighted by Gasteiger charge is 2.30. The zero-order valence-electron chi connectivity index (χ0n) is 8.45. The second-order valence-corrected chi connectivity index (χ2v) is 5.48. The highest BCUT2D eigenvalue weighted by atomic mass is 32.2. The lowest BCUT2D eigenvalue weighted by Crippen LogP contribution is -2.31. The van der Waals surface area contributed by atoms with Crippen LogP contribution in [0.2, 0.25) is 0 Å². The van der Waals surface area contributed by atoms with E-state index in [0.29, 0.717) is 24.8 Å². The van der Waals surface area contributed by atoms with Crippen LogP contribution in [0.1, 0.15) is 12.8 Å². The van der Waals surface area contributed by atoms with Crippen LogP contribution in [-0.4, -0.2) is 41.9 Å². The predicted octanol–water partition coefficient (Wildman–Crippen LogP) is 0.547. The topological polar surface area (TPSA) is 46.3 Å². The summed E-state index contributed by atoms with van der Waals surface area (Å²) in [5.74, 6) is 3.97.